The second-order valence-corrected chi connectivity index (χ2v) is 12.6. The third kappa shape index (κ3) is 16.4. The molecule has 2 N–H and O–H groups in total. The summed E-state index contributed by atoms with van der Waals surface area (Å²) in [6.45, 7) is 2.67. The van der Waals surface area contributed by atoms with Crippen molar-refractivity contribution in [3.05, 3.63) is 71.8 Å². The smallest absolute Gasteiger partial charge is 0.341 e. The molecule has 0 fully saturated rings. The summed E-state index contributed by atoms with van der Waals surface area (Å²) >= 11 is 0. The fraction of sp³-hybridized carbons (Fsp3) is 0.615. The zero-order valence-electron chi connectivity index (χ0n) is 28.4. The van der Waals surface area contributed by atoms with E-state index in [9.17, 15) is 14.4 Å². The van der Waals surface area contributed by atoms with Crippen LogP contribution in [0.4, 0.5) is 0 Å². The molecule has 0 amide bonds. The van der Waals surface area contributed by atoms with Gasteiger partial charge in [0.05, 0.1) is 0 Å². The van der Waals surface area contributed by atoms with Crippen molar-refractivity contribution in [3.8, 4) is 0 Å². The average Bonchev–Trinajstić information content (AvgIpc) is 3.09. The minimum absolute atomic E-state index is 0.113. The van der Waals surface area contributed by atoms with Crippen LogP contribution < -0.4 is 5.90 Å². The first-order chi connectivity index (χ1) is 22.5. The molecular weight excluding hydrogens is 578 g/mol. The van der Waals surface area contributed by atoms with Gasteiger partial charge in [0.1, 0.15) is 13.2 Å². The molecule has 0 aliphatic carbocycles. The Morgan fingerprint density at radius 3 is 1.41 bits per heavy atom. The van der Waals surface area contributed by atoms with Crippen LogP contribution in [0.3, 0.4) is 0 Å². The van der Waals surface area contributed by atoms with Crippen molar-refractivity contribution in [2.24, 2.45) is 11.3 Å². The van der Waals surface area contributed by atoms with Crippen molar-refractivity contribution < 1.29 is 28.7 Å². The number of rotatable bonds is 27. The molecule has 2 aromatic rings. The summed E-state index contributed by atoms with van der Waals surface area (Å²) in [5.41, 5.74) is 0.498. The van der Waals surface area contributed by atoms with Gasteiger partial charge in [-0.25, -0.2) is 4.79 Å². The number of hydrogen-bond acceptors (Lipinski definition) is 7. The quantitative estimate of drug-likeness (QED) is 0.0450. The number of benzene rings is 2. The lowest BCUT2D eigenvalue weighted by Crippen LogP contribution is -2.43. The van der Waals surface area contributed by atoms with Gasteiger partial charge in [0.2, 0.25) is 0 Å². The van der Waals surface area contributed by atoms with E-state index in [1.54, 1.807) is 0 Å². The predicted molar refractivity (Wildman–Crippen MR) is 183 cm³/mol. The van der Waals surface area contributed by atoms with E-state index in [4.69, 9.17) is 20.2 Å². The number of nitrogens with two attached hydrogens (primary N) is 1. The van der Waals surface area contributed by atoms with Crippen LogP contribution in [0.1, 0.15) is 146 Å². The van der Waals surface area contributed by atoms with Crippen LogP contribution >= 0.6 is 0 Å². The molecule has 0 saturated heterocycles. The van der Waals surface area contributed by atoms with Crippen molar-refractivity contribution in [2.75, 3.05) is 0 Å². The molecule has 0 radical (unpaired) electrons. The molecule has 0 saturated carbocycles. The lowest BCUT2D eigenvalue weighted by molar-refractivity contribution is -0.175. The molecule has 0 bridgehead atoms. The van der Waals surface area contributed by atoms with Gasteiger partial charge in [0.15, 0.2) is 5.41 Å². The van der Waals surface area contributed by atoms with Gasteiger partial charge >= 0.3 is 17.9 Å². The van der Waals surface area contributed by atoms with E-state index in [-0.39, 0.29) is 12.6 Å². The average molecular weight is 638 g/mol. The number of unbranched alkanes of at least 4 members (excludes halogenated alkanes) is 15. The van der Waals surface area contributed by atoms with Crippen molar-refractivity contribution in [1.29, 1.82) is 0 Å². The second-order valence-electron chi connectivity index (χ2n) is 12.6. The van der Waals surface area contributed by atoms with E-state index in [2.05, 4.69) is 6.92 Å². The standard InChI is InChI=1S/C39H59NO6/c1-2-3-4-5-6-8-11-14-23-30-39(38(43)46-40,37(42)45-33-35-27-20-17-21-28-35)31-24-15-12-9-7-10-13-22-29-36(41)44-32-34-25-18-16-19-26-34/h16-21,25-28H,2-15,22-24,29-33,40H2,1H3. The third-order valence-electron chi connectivity index (χ3n) is 8.79. The van der Waals surface area contributed by atoms with Gasteiger partial charge in [-0.1, -0.05) is 170 Å². The maximum Gasteiger partial charge on any atom is 0.341 e. The monoisotopic (exact) mass is 637 g/mol. The Kier molecular flexibility index (Phi) is 21.2. The van der Waals surface area contributed by atoms with E-state index >= 15 is 0 Å². The highest BCUT2D eigenvalue weighted by Gasteiger charge is 2.48. The van der Waals surface area contributed by atoms with Crippen LogP contribution in [0.15, 0.2) is 60.7 Å². The van der Waals surface area contributed by atoms with E-state index in [0.717, 1.165) is 81.8 Å². The number of carbonyl (C=O) groups is 3. The molecule has 0 spiro atoms. The molecular formula is C39H59NO6. The maximum absolute atomic E-state index is 13.5. The Bertz CT molecular complexity index is 1080. The van der Waals surface area contributed by atoms with E-state index < -0.39 is 17.4 Å². The minimum Gasteiger partial charge on any atom is -0.461 e. The first-order valence-corrected chi connectivity index (χ1v) is 17.8. The summed E-state index contributed by atoms with van der Waals surface area (Å²) in [5, 5.41) is 0. The second kappa shape index (κ2) is 25.0. The van der Waals surface area contributed by atoms with Crippen LogP contribution in [-0.4, -0.2) is 17.9 Å². The van der Waals surface area contributed by atoms with Crippen LogP contribution in [0.25, 0.3) is 0 Å². The fourth-order valence-electron chi connectivity index (χ4n) is 5.90. The van der Waals surface area contributed by atoms with Gasteiger partial charge in [-0.15, -0.1) is 0 Å². The number of carbonyl (C=O) groups excluding carboxylic acids is 3. The molecule has 7 heteroatoms. The first kappa shape index (κ1) is 39.0. The highest BCUT2D eigenvalue weighted by atomic mass is 16.7. The first-order valence-electron chi connectivity index (χ1n) is 17.8. The van der Waals surface area contributed by atoms with Gasteiger partial charge < -0.3 is 14.3 Å². The number of ether oxygens (including phenoxy) is 2. The van der Waals surface area contributed by atoms with E-state index in [1.807, 2.05) is 60.7 Å². The zero-order chi connectivity index (χ0) is 33.1. The molecule has 0 aliphatic heterocycles. The van der Waals surface area contributed by atoms with Crippen LogP contribution in [0, 0.1) is 5.41 Å². The van der Waals surface area contributed by atoms with Crippen LogP contribution in [-0.2, 0) is 41.9 Å². The lowest BCUT2D eigenvalue weighted by atomic mass is 9.77. The molecule has 7 nitrogen and oxygen atoms in total. The maximum atomic E-state index is 13.5. The van der Waals surface area contributed by atoms with Crippen LogP contribution in [0.5, 0.6) is 0 Å². The SMILES string of the molecule is CCCCCCCCCCCC(CCCCCCCCCCC(=O)OCc1ccccc1)(C(=O)ON)C(=O)OCc1ccccc1. The highest BCUT2D eigenvalue weighted by Crippen LogP contribution is 2.35. The molecule has 0 aliphatic rings. The fourth-order valence-corrected chi connectivity index (χ4v) is 5.90. The van der Waals surface area contributed by atoms with Crippen LogP contribution in [0.2, 0.25) is 0 Å². The van der Waals surface area contributed by atoms with Gasteiger partial charge in [-0.2, -0.15) is 5.90 Å². The topological polar surface area (TPSA) is 105 Å². The summed E-state index contributed by atoms with van der Waals surface area (Å²) in [6.07, 6.45) is 19.2. The van der Waals surface area contributed by atoms with Gasteiger partial charge in [0, 0.05) is 6.42 Å². The highest BCUT2D eigenvalue weighted by molar-refractivity contribution is 5.99. The Hall–Kier alpha value is -3.19. The normalized spacial score (nSPS) is 12.3. The van der Waals surface area contributed by atoms with Crippen molar-refractivity contribution >= 4 is 17.9 Å². The molecule has 1 atom stereocenters. The largest absolute Gasteiger partial charge is 0.461 e. The Morgan fingerprint density at radius 1 is 0.543 bits per heavy atom. The number of esters is 2. The minimum atomic E-state index is -1.38. The Balaban J connectivity index is 1.73. The third-order valence-corrected chi connectivity index (χ3v) is 8.79. The summed E-state index contributed by atoms with van der Waals surface area (Å²) in [6, 6.07) is 19.2. The molecule has 2 rings (SSSR count). The van der Waals surface area contributed by atoms with Crippen molar-refractivity contribution in [2.45, 2.75) is 149 Å². The lowest BCUT2D eigenvalue weighted by Gasteiger charge is -2.28. The Labute approximate surface area is 277 Å². The Morgan fingerprint density at radius 2 is 0.957 bits per heavy atom. The molecule has 256 valence electrons. The zero-order valence-corrected chi connectivity index (χ0v) is 28.4. The van der Waals surface area contributed by atoms with Crippen molar-refractivity contribution in [1.82, 2.24) is 0 Å². The summed E-state index contributed by atoms with van der Waals surface area (Å²) in [7, 11) is 0. The molecule has 0 heterocycles. The summed E-state index contributed by atoms with van der Waals surface area (Å²) < 4.78 is 11.1. The van der Waals surface area contributed by atoms with Gasteiger partial charge in [-0.3, -0.25) is 9.59 Å². The molecule has 2 aromatic carbocycles. The van der Waals surface area contributed by atoms with E-state index in [1.165, 1.54) is 38.5 Å². The number of hydrogen-bond donors (Lipinski definition) is 1. The summed E-state index contributed by atoms with van der Waals surface area (Å²) in [4.78, 5) is 43.4. The van der Waals surface area contributed by atoms with Crippen molar-refractivity contribution in [3.63, 3.8) is 0 Å². The van der Waals surface area contributed by atoms with Gasteiger partial charge in [-0.05, 0) is 30.4 Å². The van der Waals surface area contributed by atoms with E-state index in [0.29, 0.717) is 25.9 Å². The summed E-state index contributed by atoms with van der Waals surface area (Å²) in [5.74, 6) is 4.03. The predicted octanol–water partition coefficient (Wildman–Crippen LogP) is 9.70. The van der Waals surface area contributed by atoms with Gasteiger partial charge in [0.25, 0.3) is 0 Å². The molecule has 46 heavy (non-hydrogen) atoms. The molecule has 1 unspecified atom stereocenters. The molecule has 0 aromatic heterocycles.